The van der Waals surface area contributed by atoms with Crippen molar-refractivity contribution in [2.45, 2.75) is 26.3 Å². The number of nitrogens with zero attached hydrogens (tertiary/aromatic N) is 4. The van der Waals surface area contributed by atoms with Gasteiger partial charge in [0.05, 0.1) is 18.2 Å². The lowest BCUT2D eigenvalue weighted by atomic mass is 10.0. The van der Waals surface area contributed by atoms with Crippen molar-refractivity contribution in [2.75, 3.05) is 7.05 Å². The second-order valence-electron chi connectivity index (χ2n) is 6.71. The highest BCUT2D eigenvalue weighted by Gasteiger charge is 2.19. The molecule has 0 bridgehead atoms. The lowest BCUT2D eigenvalue weighted by molar-refractivity contribution is 0.0743. The van der Waals surface area contributed by atoms with Gasteiger partial charge in [-0.15, -0.1) is 0 Å². The molecular weight excluding hydrogens is 324 g/mol. The number of hydrogen-bond acceptors (Lipinski definition) is 3. The van der Waals surface area contributed by atoms with Gasteiger partial charge < -0.3 is 9.47 Å². The number of aromatic nitrogens is 3. The Morgan fingerprint density at radius 1 is 1.27 bits per heavy atom. The quantitative estimate of drug-likeness (QED) is 0.709. The molecule has 2 aromatic heterocycles. The first-order valence-electron chi connectivity index (χ1n) is 8.71. The van der Waals surface area contributed by atoms with E-state index in [1.54, 1.807) is 23.6 Å². The standard InChI is InChI=1S/C21H24N4O/c1-15-7-6-10-23-19(15)11-16(2)25(4)21(26)18-9-5-8-17(12-18)20-13-22-14-24(20)3/h5-10,12-14,16H,11H2,1-4H3/t16-/m1/s1. The second kappa shape index (κ2) is 7.52. The topological polar surface area (TPSA) is 51.0 Å². The van der Waals surface area contributed by atoms with E-state index in [1.807, 2.05) is 62.0 Å². The predicted molar refractivity (Wildman–Crippen MR) is 103 cm³/mol. The number of imidazole rings is 1. The molecule has 1 aromatic carbocycles. The fraction of sp³-hybridized carbons (Fsp3) is 0.286. The molecule has 134 valence electrons. The van der Waals surface area contributed by atoms with Gasteiger partial charge in [-0.2, -0.15) is 0 Å². The molecule has 1 amide bonds. The van der Waals surface area contributed by atoms with Crippen LogP contribution < -0.4 is 0 Å². The smallest absolute Gasteiger partial charge is 0.253 e. The molecule has 0 saturated carbocycles. The Labute approximate surface area is 154 Å². The lowest BCUT2D eigenvalue weighted by Crippen LogP contribution is -2.36. The summed E-state index contributed by atoms with van der Waals surface area (Å²) in [7, 11) is 3.79. The van der Waals surface area contributed by atoms with E-state index in [-0.39, 0.29) is 11.9 Å². The summed E-state index contributed by atoms with van der Waals surface area (Å²) in [5.74, 6) is 0.00935. The van der Waals surface area contributed by atoms with Crippen molar-refractivity contribution >= 4 is 5.91 Å². The van der Waals surface area contributed by atoms with Crippen LogP contribution in [0.1, 0.15) is 28.5 Å². The van der Waals surface area contributed by atoms with Crippen molar-refractivity contribution in [3.8, 4) is 11.3 Å². The summed E-state index contributed by atoms with van der Waals surface area (Å²) in [4.78, 5) is 23.3. The summed E-state index contributed by atoms with van der Waals surface area (Å²) in [6.45, 7) is 4.10. The number of carbonyl (C=O) groups is 1. The number of benzene rings is 1. The first-order valence-corrected chi connectivity index (χ1v) is 8.71. The van der Waals surface area contributed by atoms with Crippen molar-refractivity contribution < 1.29 is 4.79 Å². The third kappa shape index (κ3) is 3.67. The molecule has 0 saturated heterocycles. The van der Waals surface area contributed by atoms with Gasteiger partial charge >= 0.3 is 0 Å². The van der Waals surface area contributed by atoms with Gasteiger partial charge in [-0.3, -0.25) is 9.78 Å². The maximum atomic E-state index is 13.0. The number of carbonyl (C=O) groups excluding carboxylic acids is 1. The molecule has 0 N–H and O–H groups in total. The highest BCUT2D eigenvalue weighted by Crippen LogP contribution is 2.21. The van der Waals surface area contributed by atoms with Crippen molar-refractivity contribution in [3.63, 3.8) is 0 Å². The minimum Gasteiger partial charge on any atom is -0.339 e. The Balaban J connectivity index is 1.78. The van der Waals surface area contributed by atoms with Gasteiger partial charge in [0.1, 0.15) is 0 Å². The van der Waals surface area contributed by atoms with Gasteiger partial charge in [-0.05, 0) is 37.6 Å². The molecule has 5 heteroatoms. The number of rotatable bonds is 5. The number of hydrogen-bond donors (Lipinski definition) is 0. The average Bonchev–Trinajstić information content (AvgIpc) is 3.08. The molecule has 5 nitrogen and oxygen atoms in total. The molecule has 3 aromatic rings. The fourth-order valence-corrected chi connectivity index (χ4v) is 3.00. The Morgan fingerprint density at radius 3 is 2.77 bits per heavy atom. The zero-order valence-corrected chi connectivity index (χ0v) is 15.7. The SMILES string of the molecule is Cc1cccnc1C[C@@H](C)N(C)C(=O)c1cccc(-c2cncn2C)c1. The summed E-state index contributed by atoms with van der Waals surface area (Å²) in [5, 5.41) is 0. The van der Waals surface area contributed by atoms with E-state index >= 15 is 0 Å². The van der Waals surface area contributed by atoms with Crippen LogP contribution in [0.25, 0.3) is 11.3 Å². The number of pyridine rings is 1. The van der Waals surface area contributed by atoms with Crippen LogP contribution >= 0.6 is 0 Å². The van der Waals surface area contributed by atoms with Gasteiger partial charge in [0, 0.05) is 49.6 Å². The predicted octanol–water partition coefficient (Wildman–Crippen LogP) is 3.49. The van der Waals surface area contributed by atoms with E-state index in [0.29, 0.717) is 5.56 Å². The first kappa shape index (κ1) is 17.9. The molecule has 0 fully saturated rings. The Hall–Kier alpha value is -2.95. The highest BCUT2D eigenvalue weighted by atomic mass is 16.2. The molecule has 26 heavy (non-hydrogen) atoms. The Morgan fingerprint density at radius 2 is 2.08 bits per heavy atom. The second-order valence-corrected chi connectivity index (χ2v) is 6.71. The summed E-state index contributed by atoms with van der Waals surface area (Å²) >= 11 is 0. The molecule has 2 heterocycles. The van der Waals surface area contributed by atoms with Crippen LogP contribution in [0.4, 0.5) is 0 Å². The fourth-order valence-electron chi connectivity index (χ4n) is 3.00. The van der Waals surface area contributed by atoms with Crippen LogP contribution in [0.3, 0.4) is 0 Å². The van der Waals surface area contributed by atoms with Crippen molar-refractivity contribution in [3.05, 3.63) is 71.9 Å². The number of amides is 1. The van der Waals surface area contributed by atoms with Gasteiger partial charge in [0.2, 0.25) is 0 Å². The molecule has 0 aliphatic heterocycles. The average molecular weight is 348 g/mol. The third-order valence-corrected chi connectivity index (χ3v) is 4.81. The van der Waals surface area contributed by atoms with Crippen LogP contribution in [0.15, 0.2) is 55.1 Å². The van der Waals surface area contributed by atoms with Gasteiger partial charge in [0.15, 0.2) is 0 Å². The van der Waals surface area contributed by atoms with Gasteiger partial charge in [-0.1, -0.05) is 18.2 Å². The van der Waals surface area contributed by atoms with Gasteiger partial charge in [-0.25, -0.2) is 4.98 Å². The van der Waals surface area contributed by atoms with Crippen molar-refractivity contribution in [2.24, 2.45) is 7.05 Å². The largest absolute Gasteiger partial charge is 0.339 e. The van der Waals surface area contributed by atoms with E-state index < -0.39 is 0 Å². The van der Waals surface area contributed by atoms with Crippen molar-refractivity contribution in [1.82, 2.24) is 19.4 Å². The van der Waals surface area contributed by atoms with E-state index in [4.69, 9.17) is 0 Å². The Bertz CT molecular complexity index is 916. The minimum atomic E-state index is 0.00935. The zero-order valence-electron chi connectivity index (χ0n) is 15.7. The van der Waals surface area contributed by atoms with E-state index in [1.165, 1.54) is 0 Å². The summed E-state index contributed by atoms with van der Waals surface area (Å²) < 4.78 is 1.94. The maximum Gasteiger partial charge on any atom is 0.253 e. The maximum absolute atomic E-state index is 13.0. The normalized spacial score (nSPS) is 12.0. The van der Waals surface area contributed by atoms with Crippen molar-refractivity contribution in [1.29, 1.82) is 0 Å². The summed E-state index contributed by atoms with van der Waals surface area (Å²) in [6.07, 6.45) is 6.09. The number of likely N-dealkylation sites (N-methyl/N-ethyl adjacent to an activating group) is 1. The molecule has 0 radical (unpaired) electrons. The van der Waals surface area contributed by atoms with E-state index in [2.05, 4.69) is 16.9 Å². The first-order chi connectivity index (χ1) is 12.5. The van der Waals surface area contributed by atoms with Crippen LogP contribution in [-0.4, -0.2) is 38.4 Å². The van der Waals surface area contributed by atoms with Crippen LogP contribution in [0.2, 0.25) is 0 Å². The third-order valence-electron chi connectivity index (χ3n) is 4.81. The van der Waals surface area contributed by atoms with Gasteiger partial charge in [0.25, 0.3) is 5.91 Å². The monoisotopic (exact) mass is 348 g/mol. The molecule has 0 aliphatic carbocycles. The number of aryl methyl sites for hydroxylation is 2. The molecule has 1 atom stereocenters. The van der Waals surface area contributed by atoms with Crippen LogP contribution in [0, 0.1) is 6.92 Å². The molecule has 3 rings (SSSR count). The van der Waals surface area contributed by atoms with Crippen LogP contribution in [-0.2, 0) is 13.5 Å². The Kier molecular flexibility index (Phi) is 5.16. The molecule has 0 unspecified atom stereocenters. The zero-order chi connectivity index (χ0) is 18.7. The van der Waals surface area contributed by atoms with E-state index in [0.717, 1.165) is 28.9 Å². The lowest BCUT2D eigenvalue weighted by Gasteiger charge is -2.25. The summed E-state index contributed by atoms with van der Waals surface area (Å²) in [6, 6.07) is 11.7. The molecular formula is C21H24N4O. The molecule has 0 aliphatic rings. The molecule has 0 spiro atoms. The highest BCUT2D eigenvalue weighted by molar-refractivity contribution is 5.95. The van der Waals surface area contributed by atoms with E-state index in [9.17, 15) is 4.79 Å². The minimum absolute atomic E-state index is 0.00935. The summed E-state index contributed by atoms with van der Waals surface area (Å²) in [5.41, 5.74) is 4.83. The van der Waals surface area contributed by atoms with Crippen LogP contribution in [0.5, 0.6) is 0 Å².